The van der Waals surface area contributed by atoms with Crippen LogP contribution in [0.4, 0.5) is 5.69 Å². The van der Waals surface area contributed by atoms with Crippen molar-refractivity contribution in [2.75, 3.05) is 31.1 Å². The number of carbonyl (C=O) groups excluding carboxylic acids is 2. The van der Waals surface area contributed by atoms with E-state index >= 15 is 0 Å². The lowest BCUT2D eigenvalue weighted by atomic mass is 9.90. The van der Waals surface area contributed by atoms with Gasteiger partial charge in [0.25, 0.3) is 5.91 Å². The normalized spacial score (nSPS) is 22.3. The zero-order valence-electron chi connectivity index (χ0n) is 17.1. The maximum absolute atomic E-state index is 12.9. The molecule has 2 aliphatic rings. The average Bonchev–Trinajstić information content (AvgIpc) is 3.06. The molecule has 1 aromatic heterocycles. The highest BCUT2D eigenvalue weighted by Gasteiger charge is 2.44. The lowest BCUT2D eigenvalue weighted by Crippen LogP contribution is -2.62. The molecule has 0 radical (unpaired) electrons. The van der Waals surface area contributed by atoms with Gasteiger partial charge in [-0.1, -0.05) is 18.2 Å². The van der Waals surface area contributed by atoms with Gasteiger partial charge in [-0.2, -0.15) is 5.10 Å². The Morgan fingerprint density at radius 3 is 2.72 bits per heavy atom. The number of rotatable bonds is 4. The highest BCUT2D eigenvalue weighted by molar-refractivity contribution is 5.95. The Morgan fingerprint density at radius 2 is 2.00 bits per heavy atom. The molecule has 7 heteroatoms. The number of likely N-dealkylation sites (tertiary alicyclic amines) is 1. The molecule has 3 heterocycles. The third-order valence-corrected chi connectivity index (χ3v) is 5.85. The molecule has 2 aromatic rings. The number of para-hydroxylation sites is 1. The van der Waals surface area contributed by atoms with Crippen LogP contribution >= 0.6 is 0 Å². The van der Waals surface area contributed by atoms with Crippen molar-refractivity contribution in [1.29, 1.82) is 0 Å². The molecule has 2 fully saturated rings. The van der Waals surface area contributed by atoms with E-state index in [0.29, 0.717) is 26.1 Å². The topological polar surface area (TPSA) is 67.7 Å². The third-order valence-electron chi connectivity index (χ3n) is 5.85. The molecule has 1 spiro atoms. The van der Waals surface area contributed by atoms with Crippen LogP contribution in [0.2, 0.25) is 0 Å². The minimum atomic E-state index is -0.490. The molecule has 0 N–H and O–H groups in total. The monoisotopic (exact) mass is 396 g/mol. The van der Waals surface area contributed by atoms with E-state index in [-0.39, 0.29) is 18.4 Å². The van der Waals surface area contributed by atoms with Crippen LogP contribution < -0.4 is 4.90 Å². The zero-order valence-corrected chi connectivity index (χ0v) is 17.1. The van der Waals surface area contributed by atoms with Crippen LogP contribution in [0, 0.1) is 13.8 Å². The van der Waals surface area contributed by atoms with Gasteiger partial charge in [-0.3, -0.25) is 14.3 Å². The predicted molar refractivity (Wildman–Crippen MR) is 110 cm³/mol. The molecule has 1 aromatic carbocycles. The fourth-order valence-electron chi connectivity index (χ4n) is 4.38. The molecule has 2 amide bonds. The largest absolute Gasteiger partial charge is 0.361 e. The summed E-state index contributed by atoms with van der Waals surface area (Å²) in [6.07, 6.45) is 2.15. The van der Waals surface area contributed by atoms with E-state index in [1.807, 2.05) is 59.8 Å². The fourth-order valence-corrected chi connectivity index (χ4v) is 4.38. The second-order valence-electron chi connectivity index (χ2n) is 8.11. The molecule has 154 valence electrons. The maximum atomic E-state index is 12.9. The Labute approximate surface area is 171 Å². The second kappa shape index (κ2) is 7.99. The van der Waals surface area contributed by atoms with Gasteiger partial charge >= 0.3 is 0 Å². The summed E-state index contributed by atoms with van der Waals surface area (Å²) in [6, 6.07) is 11.7. The van der Waals surface area contributed by atoms with Gasteiger partial charge in [0, 0.05) is 30.9 Å². The van der Waals surface area contributed by atoms with E-state index in [1.165, 1.54) is 0 Å². The van der Waals surface area contributed by atoms with E-state index in [1.54, 1.807) is 4.90 Å². The van der Waals surface area contributed by atoms with Crippen molar-refractivity contribution in [2.45, 2.75) is 45.3 Å². The van der Waals surface area contributed by atoms with Gasteiger partial charge in [-0.15, -0.1) is 0 Å². The Bertz CT molecular complexity index is 895. The first-order chi connectivity index (χ1) is 14.0. The summed E-state index contributed by atoms with van der Waals surface area (Å²) >= 11 is 0. The lowest BCUT2D eigenvalue weighted by molar-refractivity contribution is -0.153. The number of amides is 2. The predicted octanol–water partition coefficient (Wildman–Crippen LogP) is 2.31. The number of anilines is 1. The van der Waals surface area contributed by atoms with Crippen molar-refractivity contribution in [3.8, 4) is 0 Å². The van der Waals surface area contributed by atoms with Crippen molar-refractivity contribution < 1.29 is 14.3 Å². The number of carbonyl (C=O) groups is 2. The number of benzene rings is 1. The van der Waals surface area contributed by atoms with Gasteiger partial charge in [0.05, 0.1) is 18.8 Å². The average molecular weight is 396 g/mol. The van der Waals surface area contributed by atoms with Gasteiger partial charge in [0.1, 0.15) is 12.2 Å². The first-order valence-electron chi connectivity index (χ1n) is 10.2. The second-order valence-corrected chi connectivity index (χ2v) is 8.11. The number of hydrogen-bond donors (Lipinski definition) is 0. The molecule has 1 unspecified atom stereocenters. The summed E-state index contributed by atoms with van der Waals surface area (Å²) in [5.41, 5.74) is 2.43. The van der Waals surface area contributed by atoms with E-state index in [4.69, 9.17) is 4.74 Å². The van der Waals surface area contributed by atoms with Gasteiger partial charge < -0.3 is 14.5 Å². The molecule has 4 rings (SSSR count). The zero-order chi connectivity index (χ0) is 20.4. The standard InChI is InChI=1S/C22H28N4O3/c1-17-13-18(2)26(23-17)12-9-20(27)24-11-6-10-22(15-24)16-25(21(28)14-29-22)19-7-4-3-5-8-19/h3-5,7-8,13H,6,9-12,14-16H2,1-2H3. The SMILES string of the molecule is Cc1cc(C)n(CCC(=O)N2CCCC3(C2)CN(c2ccccc2)C(=O)CO3)n1. The van der Waals surface area contributed by atoms with Crippen molar-refractivity contribution in [3.05, 3.63) is 47.8 Å². The minimum absolute atomic E-state index is 0.0326. The van der Waals surface area contributed by atoms with Crippen LogP contribution in [0.3, 0.4) is 0 Å². The molecule has 2 saturated heterocycles. The van der Waals surface area contributed by atoms with Gasteiger partial charge in [-0.05, 0) is 44.9 Å². The molecule has 2 aliphatic heterocycles. The number of morpholine rings is 1. The minimum Gasteiger partial charge on any atom is -0.361 e. The number of piperidine rings is 1. The van der Waals surface area contributed by atoms with Crippen LogP contribution in [-0.4, -0.2) is 58.3 Å². The summed E-state index contributed by atoms with van der Waals surface area (Å²) in [4.78, 5) is 29.0. The van der Waals surface area contributed by atoms with Crippen molar-refractivity contribution in [1.82, 2.24) is 14.7 Å². The van der Waals surface area contributed by atoms with Crippen molar-refractivity contribution >= 4 is 17.5 Å². The quantitative estimate of drug-likeness (QED) is 0.795. The van der Waals surface area contributed by atoms with Gasteiger partial charge in [0.15, 0.2) is 0 Å². The first-order valence-corrected chi connectivity index (χ1v) is 10.2. The van der Waals surface area contributed by atoms with E-state index in [9.17, 15) is 9.59 Å². The molecule has 29 heavy (non-hydrogen) atoms. The molecular weight excluding hydrogens is 368 g/mol. The maximum Gasteiger partial charge on any atom is 0.253 e. The number of aryl methyl sites for hydroxylation is 3. The fraction of sp³-hybridized carbons (Fsp3) is 0.500. The molecule has 1 atom stereocenters. The molecule has 0 bridgehead atoms. The number of aromatic nitrogens is 2. The van der Waals surface area contributed by atoms with Crippen LogP contribution in [0.15, 0.2) is 36.4 Å². The lowest BCUT2D eigenvalue weighted by Gasteiger charge is -2.47. The van der Waals surface area contributed by atoms with Gasteiger partial charge in [-0.25, -0.2) is 0 Å². The van der Waals surface area contributed by atoms with Gasteiger partial charge in [0.2, 0.25) is 5.91 Å². The Morgan fingerprint density at radius 1 is 1.21 bits per heavy atom. The number of hydrogen-bond acceptors (Lipinski definition) is 4. The smallest absolute Gasteiger partial charge is 0.253 e. The third kappa shape index (κ3) is 4.19. The summed E-state index contributed by atoms with van der Waals surface area (Å²) in [5, 5.41) is 4.44. The van der Waals surface area contributed by atoms with E-state index in [2.05, 4.69) is 5.10 Å². The van der Waals surface area contributed by atoms with Crippen LogP contribution in [-0.2, 0) is 20.9 Å². The molecule has 0 aliphatic carbocycles. The summed E-state index contributed by atoms with van der Waals surface area (Å²) in [5.74, 6) is 0.0817. The van der Waals surface area contributed by atoms with Crippen LogP contribution in [0.5, 0.6) is 0 Å². The van der Waals surface area contributed by atoms with E-state index in [0.717, 1.165) is 36.5 Å². The Balaban J connectivity index is 1.42. The summed E-state index contributed by atoms with van der Waals surface area (Å²) < 4.78 is 7.92. The van der Waals surface area contributed by atoms with E-state index < -0.39 is 5.60 Å². The highest BCUT2D eigenvalue weighted by atomic mass is 16.5. The molecule has 7 nitrogen and oxygen atoms in total. The van der Waals surface area contributed by atoms with Crippen LogP contribution in [0.25, 0.3) is 0 Å². The first kappa shape index (κ1) is 19.6. The summed E-state index contributed by atoms with van der Waals surface area (Å²) in [6.45, 7) is 6.35. The molecular formula is C22H28N4O3. The van der Waals surface area contributed by atoms with Crippen molar-refractivity contribution in [3.63, 3.8) is 0 Å². The number of ether oxygens (including phenoxy) is 1. The Kier molecular flexibility index (Phi) is 5.41. The van der Waals surface area contributed by atoms with Crippen molar-refractivity contribution in [2.24, 2.45) is 0 Å². The van der Waals surface area contributed by atoms with Crippen LogP contribution in [0.1, 0.15) is 30.7 Å². The number of nitrogens with zero attached hydrogens (tertiary/aromatic N) is 4. The molecule has 0 saturated carbocycles. The Hall–Kier alpha value is -2.67. The summed E-state index contributed by atoms with van der Waals surface area (Å²) in [7, 11) is 0. The highest BCUT2D eigenvalue weighted by Crippen LogP contribution is 2.32.